The zero-order valence-corrected chi connectivity index (χ0v) is 16.1. The molecule has 0 unspecified atom stereocenters. The molecule has 1 aromatic heterocycles. The summed E-state index contributed by atoms with van der Waals surface area (Å²) in [5.41, 5.74) is 0.989. The van der Waals surface area contributed by atoms with Crippen molar-refractivity contribution in [3.8, 4) is 0 Å². The summed E-state index contributed by atoms with van der Waals surface area (Å²) in [7, 11) is -1.57. The molecule has 26 heavy (non-hydrogen) atoms. The minimum absolute atomic E-state index is 0.355. The predicted molar refractivity (Wildman–Crippen MR) is 100 cm³/mol. The normalized spacial score (nSPS) is 16.2. The minimum atomic E-state index is -3.51. The quantitative estimate of drug-likeness (QED) is 0.729. The Kier molecular flexibility index (Phi) is 6.48. The van der Waals surface area contributed by atoms with E-state index in [0.29, 0.717) is 18.0 Å². The second kappa shape index (κ2) is 8.81. The van der Waals surface area contributed by atoms with Gasteiger partial charge in [0, 0.05) is 31.9 Å². The highest BCUT2D eigenvalue weighted by Crippen LogP contribution is 2.18. The summed E-state index contributed by atoms with van der Waals surface area (Å²) < 4.78 is 35.3. The van der Waals surface area contributed by atoms with Gasteiger partial charge in [-0.3, -0.25) is 0 Å². The van der Waals surface area contributed by atoms with Crippen molar-refractivity contribution in [3.05, 3.63) is 54.4 Å². The van der Waals surface area contributed by atoms with E-state index < -0.39 is 10.0 Å². The first-order valence-corrected chi connectivity index (χ1v) is 10.6. The van der Waals surface area contributed by atoms with Crippen LogP contribution in [0, 0.1) is 0 Å². The van der Waals surface area contributed by atoms with Crippen LogP contribution in [0.3, 0.4) is 0 Å². The number of morpholine rings is 1. The van der Waals surface area contributed by atoms with E-state index in [0.717, 1.165) is 45.0 Å². The molecule has 1 aromatic carbocycles. The van der Waals surface area contributed by atoms with Gasteiger partial charge in [0.25, 0.3) is 0 Å². The molecule has 3 rings (SSSR count). The van der Waals surface area contributed by atoms with Gasteiger partial charge in [-0.2, -0.15) is 4.31 Å². The van der Waals surface area contributed by atoms with E-state index in [2.05, 4.69) is 0 Å². The van der Waals surface area contributed by atoms with Crippen LogP contribution in [0.5, 0.6) is 0 Å². The Balaban J connectivity index is 1.72. The number of aryl methyl sites for hydroxylation is 1. The SMILES string of the molecule is Cn1cccc1CN(CCC[NH+]1CCOCC1)S(=O)(=O)c1ccccc1. The highest BCUT2D eigenvalue weighted by molar-refractivity contribution is 7.89. The van der Waals surface area contributed by atoms with Gasteiger partial charge < -0.3 is 14.2 Å². The zero-order chi connectivity index (χ0) is 18.4. The lowest BCUT2D eigenvalue weighted by atomic mass is 10.3. The molecule has 1 saturated heterocycles. The number of nitrogens with zero attached hydrogens (tertiary/aromatic N) is 2. The van der Waals surface area contributed by atoms with Crippen molar-refractivity contribution < 1.29 is 18.1 Å². The average Bonchev–Trinajstić information content (AvgIpc) is 3.07. The van der Waals surface area contributed by atoms with E-state index in [4.69, 9.17) is 4.74 Å². The van der Waals surface area contributed by atoms with E-state index in [1.165, 1.54) is 4.90 Å². The molecule has 0 spiro atoms. The van der Waals surface area contributed by atoms with Gasteiger partial charge in [0.15, 0.2) is 0 Å². The molecule has 2 aromatic rings. The smallest absolute Gasteiger partial charge is 0.243 e. The molecular formula is C19H28N3O3S+. The second-order valence-corrected chi connectivity index (χ2v) is 8.67. The third-order valence-electron chi connectivity index (χ3n) is 4.91. The fourth-order valence-electron chi connectivity index (χ4n) is 3.28. The van der Waals surface area contributed by atoms with Crippen molar-refractivity contribution in [1.82, 2.24) is 8.87 Å². The summed E-state index contributed by atoms with van der Waals surface area (Å²) >= 11 is 0. The van der Waals surface area contributed by atoms with Crippen molar-refractivity contribution >= 4 is 10.0 Å². The van der Waals surface area contributed by atoms with E-state index in [1.54, 1.807) is 28.6 Å². The largest absolute Gasteiger partial charge is 0.370 e. The van der Waals surface area contributed by atoms with E-state index >= 15 is 0 Å². The molecule has 0 radical (unpaired) electrons. The lowest BCUT2D eigenvalue weighted by molar-refractivity contribution is -0.908. The molecule has 142 valence electrons. The van der Waals surface area contributed by atoms with Gasteiger partial charge in [-0.05, 0) is 24.3 Å². The number of ether oxygens (including phenoxy) is 1. The van der Waals surface area contributed by atoms with Crippen molar-refractivity contribution in [1.29, 1.82) is 0 Å². The molecular weight excluding hydrogens is 350 g/mol. The Hall–Kier alpha value is -1.67. The van der Waals surface area contributed by atoms with Crippen molar-refractivity contribution in [2.24, 2.45) is 7.05 Å². The summed E-state index contributed by atoms with van der Waals surface area (Å²) in [5, 5.41) is 0. The number of hydrogen-bond acceptors (Lipinski definition) is 3. The molecule has 6 nitrogen and oxygen atoms in total. The van der Waals surface area contributed by atoms with Crippen molar-refractivity contribution in [2.75, 3.05) is 39.4 Å². The molecule has 0 atom stereocenters. The number of rotatable bonds is 8. The Morgan fingerprint density at radius 3 is 2.50 bits per heavy atom. The number of sulfonamides is 1. The summed E-state index contributed by atoms with van der Waals surface area (Å²) in [6.07, 6.45) is 2.78. The maximum atomic E-state index is 13.1. The molecule has 1 fully saturated rings. The van der Waals surface area contributed by atoms with Crippen LogP contribution in [-0.4, -0.2) is 56.7 Å². The van der Waals surface area contributed by atoms with Crippen molar-refractivity contribution in [2.45, 2.75) is 17.9 Å². The summed E-state index contributed by atoms with van der Waals surface area (Å²) in [6.45, 7) is 5.48. The monoisotopic (exact) mass is 378 g/mol. The predicted octanol–water partition coefficient (Wildman–Crippen LogP) is 0.521. The van der Waals surface area contributed by atoms with Crippen LogP contribution in [-0.2, 0) is 28.4 Å². The van der Waals surface area contributed by atoms with Crippen LogP contribution < -0.4 is 4.90 Å². The summed E-state index contributed by atoms with van der Waals surface area (Å²) in [5.74, 6) is 0. The summed E-state index contributed by atoms with van der Waals surface area (Å²) in [4.78, 5) is 1.85. The van der Waals surface area contributed by atoms with Crippen LogP contribution in [0.25, 0.3) is 0 Å². The van der Waals surface area contributed by atoms with E-state index in [-0.39, 0.29) is 0 Å². The van der Waals surface area contributed by atoms with Gasteiger partial charge in [0.2, 0.25) is 10.0 Å². The van der Waals surface area contributed by atoms with Crippen LogP contribution in [0.15, 0.2) is 53.6 Å². The number of benzene rings is 1. The van der Waals surface area contributed by atoms with Gasteiger partial charge in [-0.1, -0.05) is 18.2 Å². The Labute approximate surface area is 156 Å². The molecule has 1 N–H and O–H groups in total. The standard InChI is InChI=1S/C19H27N3O3S/c1-20-10-5-7-18(20)17-22(12-6-11-21-13-15-25-16-14-21)26(23,24)19-8-3-2-4-9-19/h2-5,7-10H,6,11-17H2,1H3/p+1. The fraction of sp³-hybridized carbons (Fsp3) is 0.474. The lowest BCUT2D eigenvalue weighted by Gasteiger charge is -2.26. The highest BCUT2D eigenvalue weighted by Gasteiger charge is 2.25. The van der Waals surface area contributed by atoms with Crippen LogP contribution in [0.2, 0.25) is 0 Å². The third-order valence-corrected chi connectivity index (χ3v) is 6.77. The van der Waals surface area contributed by atoms with E-state index in [9.17, 15) is 8.42 Å². The van der Waals surface area contributed by atoms with Gasteiger partial charge in [0.1, 0.15) is 13.1 Å². The Morgan fingerprint density at radius 2 is 1.85 bits per heavy atom. The number of aromatic nitrogens is 1. The molecule has 0 bridgehead atoms. The van der Waals surface area contributed by atoms with Crippen LogP contribution in [0.4, 0.5) is 0 Å². The average molecular weight is 379 g/mol. The number of nitrogens with one attached hydrogen (secondary N) is 1. The Morgan fingerprint density at radius 1 is 1.12 bits per heavy atom. The maximum Gasteiger partial charge on any atom is 0.243 e. The first-order valence-electron chi connectivity index (χ1n) is 9.14. The van der Waals surface area contributed by atoms with Gasteiger partial charge in [0.05, 0.1) is 31.2 Å². The molecule has 1 aliphatic heterocycles. The maximum absolute atomic E-state index is 13.1. The molecule has 7 heteroatoms. The first kappa shape index (κ1) is 19.1. The topological polar surface area (TPSA) is 56.0 Å². The first-order chi connectivity index (χ1) is 12.6. The van der Waals surface area contributed by atoms with Crippen LogP contribution >= 0.6 is 0 Å². The van der Waals surface area contributed by atoms with Crippen LogP contribution in [0.1, 0.15) is 12.1 Å². The third kappa shape index (κ3) is 4.73. The fourth-order valence-corrected chi connectivity index (χ4v) is 4.75. The lowest BCUT2D eigenvalue weighted by Crippen LogP contribution is -3.14. The molecule has 0 aliphatic carbocycles. The molecule has 0 amide bonds. The van der Waals surface area contributed by atoms with Crippen molar-refractivity contribution in [3.63, 3.8) is 0 Å². The molecule has 2 heterocycles. The van der Waals surface area contributed by atoms with Gasteiger partial charge in [-0.15, -0.1) is 0 Å². The molecule has 1 aliphatic rings. The highest BCUT2D eigenvalue weighted by atomic mass is 32.2. The van der Waals surface area contributed by atoms with Gasteiger partial charge in [-0.25, -0.2) is 8.42 Å². The van der Waals surface area contributed by atoms with Gasteiger partial charge >= 0.3 is 0 Å². The summed E-state index contributed by atoms with van der Waals surface area (Å²) in [6, 6.07) is 12.6. The second-order valence-electron chi connectivity index (χ2n) is 6.73. The number of quaternary nitrogens is 1. The minimum Gasteiger partial charge on any atom is -0.370 e. The zero-order valence-electron chi connectivity index (χ0n) is 15.3. The molecule has 0 saturated carbocycles. The Bertz CT molecular complexity index is 783. The van der Waals surface area contributed by atoms with E-state index in [1.807, 2.05) is 36.0 Å². The number of hydrogen-bond donors (Lipinski definition) is 1.